The molecule has 6 heteroatoms. The number of nitrogens with one attached hydrogen (secondary N) is 1. The first-order valence-electron chi connectivity index (χ1n) is 4.78. The van der Waals surface area contributed by atoms with Crippen LogP contribution in [0.25, 0.3) is 0 Å². The first-order valence-corrected chi connectivity index (χ1v) is 4.78. The number of ether oxygens (including phenoxy) is 1. The molecule has 0 aromatic heterocycles. The van der Waals surface area contributed by atoms with Crippen LogP contribution >= 0.6 is 0 Å². The summed E-state index contributed by atoms with van der Waals surface area (Å²) in [5.41, 5.74) is 0. The number of alkyl halides is 3. The zero-order valence-corrected chi connectivity index (χ0v) is 8.86. The summed E-state index contributed by atoms with van der Waals surface area (Å²) in [6.07, 6.45) is -3.83. The fourth-order valence-electron chi connectivity index (χ4n) is 0.899. The van der Waals surface area contributed by atoms with Gasteiger partial charge in [-0.15, -0.1) is 0 Å². The lowest BCUT2D eigenvalue weighted by Crippen LogP contribution is -2.29. The van der Waals surface area contributed by atoms with Crippen molar-refractivity contribution in [2.24, 2.45) is 5.92 Å². The largest absolute Gasteiger partial charge is 0.440 e. The Morgan fingerprint density at radius 3 is 2.47 bits per heavy atom. The van der Waals surface area contributed by atoms with Gasteiger partial charge in [0.05, 0.1) is 0 Å². The molecule has 0 saturated heterocycles. The molecule has 0 fully saturated rings. The van der Waals surface area contributed by atoms with E-state index in [0.29, 0.717) is 12.5 Å². The van der Waals surface area contributed by atoms with Crippen LogP contribution in [-0.4, -0.2) is 25.4 Å². The number of carbonyl (C=O) groups excluding carboxylic acids is 1. The molecule has 0 unspecified atom stereocenters. The monoisotopic (exact) mass is 227 g/mol. The average Bonchev–Trinajstić information content (AvgIpc) is 2.07. The minimum absolute atomic E-state index is 0.342. The maximum atomic E-state index is 11.6. The summed E-state index contributed by atoms with van der Waals surface area (Å²) in [7, 11) is 0. The predicted octanol–water partition coefficient (Wildman–Crippen LogP) is 2.71. The Morgan fingerprint density at radius 2 is 2.00 bits per heavy atom. The molecule has 0 aromatic rings. The molecule has 1 amide bonds. The van der Waals surface area contributed by atoms with E-state index in [1.54, 1.807) is 0 Å². The van der Waals surface area contributed by atoms with Crippen molar-refractivity contribution in [2.45, 2.75) is 32.9 Å². The summed E-state index contributed by atoms with van der Waals surface area (Å²) >= 11 is 0. The molecule has 0 aliphatic rings. The Kier molecular flexibility index (Phi) is 6.12. The van der Waals surface area contributed by atoms with Crippen molar-refractivity contribution >= 4 is 6.09 Å². The molecule has 90 valence electrons. The van der Waals surface area contributed by atoms with E-state index >= 15 is 0 Å². The fourth-order valence-corrected chi connectivity index (χ4v) is 0.899. The van der Waals surface area contributed by atoms with E-state index in [1.165, 1.54) is 0 Å². The zero-order chi connectivity index (χ0) is 11.9. The average molecular weight is 227 g/mol. The van der Waals surface area contributed by atoms with Crippen LogP contribution in [0.3, 0.4) is 0 Å². The van der Waals surface area contributed by atoms with Gasteiger partial charge in [0.15, 0.2) is 6.61 Å². The van der Waals surface area contributed by atoms with Gasteiger partial charge in [-0.25, -0.2) is 4.79 Å². The van der Waals surface area contributed by atoms with Gasteiger partial charge in [-0.05, 0) is 18.8 Å². The van der Waals surface area contributed by atoms with Crippen LogP contribution in [0.15, 0.2) is 0 Å². The van der Waals surface area contributed by atoms with Crippen LogP contribution in [0.2, 0.25) is 0 Å². The molecule has 3 nitrogen and oxygen atoms in total. The SMILES string of the molecule is CC(C)CCCNC(=O)OCC(F)(F)F. The van der Waals surface area contributed by atoms with E-state index < -0.39 is 18.9 Å². The molecular weight excluding hydrogens is 211 g/mol. The Bertz CT molecular complexity index is 192. The molecule has 0 atom stereocenters. The van der Waals surface area contributed by atoms with E-state index in [2.05, 4.69) is 10.1 Å². The van der Waals surface area contributed by atoms with Crippen LogP contribution in [0.1, 0.15) is 26.7 Å². The molecule has 1 N–H and O–H groups in total. The Hall–Kier alpha value is -0.940. The molecule has 0 aromatic carbocycles. The summed E-state index contributed by atoms with van der Waals surface area (Å²) in [5.74, 6) is 0.512. The van der Waals surface area contributed by atoms with Crippen molar-refractivity contribution in [1.82, 2.24) is 5.32 Å². The molecule has 0 radical (unpaired) electrons. The van der Waals surface area contributed by atoms with Crippen molar-refractivity contribution in [1.29, 1.82) is 0 Å². The summed E-state index contributed by atoms with van der Waals surface area (Å²) in [5, 5.41) is 2.25. The van der Waals surface area contributed by atoms with Crippen molar-refractivity contribution in [2.75, 3.05) is 13.2 Å². The lowest BCUT2D eigenvalue weighted by Gasteiger charge is -2.09. The third-order valence-electron chi connectivity index (χ3n) is 1.59. The minimum atomic E-state index is -4.46. The Labute approximate surface area is 87.0 Å². The van der Waals surface area contributed by atoms with Gasteiger partial charge in [0.1, 0.15) is 0 Å². The second-order valence-corrected chi connectivity index (χ2v) is 3.65. The van der Waals surface area contributed by atoms with Crippen LogP contribution in [0, 0.1) is 5.92 Å². The van der Waals surface area contributed by atoms with Crippen molar-refractivity contribution in [3.8, 4) is 0 Å². The maximum absolute atomic E-state index is 11.6. The standard InChI is InChI=1S/C9H16F3NO2/c1-7(2)4-3-5-13-8(14)15-6-9(10,11)12/h7H,3-6H2,1-2H3,(H,13,14). The van der Waals surface area contributed by atoms with E-state index in [9.17, 15) is 18.0 Å². The van der Waals surface area contributed by atoms with Gasteiger partial charge in [-0.2, -0.15) is 13.2 Å². The molecule has 0 spiro atoms. The van der Waals surface area contributed by atoms with Crippen LogP contribution in [0.4, 0.5) is 18.0 Å². The van der Waals surface area contributed by atoms with Crippen molar-refractivity contribution in [3.63, 3.8) is 0 Å². The Balaban J connectivity index is 3.42. The second kappa shape index (κ2) is 6.53. The summed E-state index contributed by atoms with van der Waals surface area (Å²) in [4.78, 5) is 10.7. The van der Waals surface area contributed by atoms with Crippen molar-refractivity contribution < 1.29 is 22.7 Å². The summed E-state index contributed by atoms with van der Waals surface area (Å²) < 4.78 is 38.8. The quantitative estimate of drug-likeness (QED) is 0.733. The molecule has 0 saturated carbocycles. The first kappa shape index (κ1) is 14.1. The molecule has 0 aliphatic heterocycles. The van der Waals surface area contributed by atoms with E-state index in [1.807, 2.05) is 13.8 Å². The molecule has 0 rings (SSSR count). The predicted molar refractivity (Wildman–Crippen MR) is 49.5 cm³/mol. The van der Waals surface area contributed by atoms with E-state index in [-0.39, 0.29) is 0 Å². The lowest BCUT2D eigenvalue weighted by atomic mass is 10.1. The number of halogens is 3. The molecule has 0 aliphatic carbocycles. The van der Waals surface area contributed by atoms with Crippen LogP contribution in [-0.2, 0) is 4.74 Å². The summed E-state index contributed by atoms with van der Waals surface area (Å²) in [6, 6.07) is 0. The highest BCUT2D eigenvalue weighted by Gasteiger charge is 2.29. The van der Waals surface area contributed by atoms with Gasteiger partial charge in [0, 0.05) is 6.54 Å². The number of hydrogen-bond acceptors (Lipinski definition) is 2. The fraction of sp³-hybridized carbons (Fsp3) is 0.889. The third kappa shape index (κ3) is 11.0. The highest BCUT2D eigenvalue weighted by atomic mass is 19.4. The van der Waals surface area contributed by atoms with E-state index in [4.69, 9.17) is 0 Å². The molecule has 15 heavy (non-hydrogen) atoms. The third-order valence-corrected chi connectivity index (χ3v) is 1.59. The zero-order valence-electron chi connectivity index (χ0n) is 8.86. The Morgan fingerprint density at radius 1 is 1.40 bits per heavy atom. The second-order valence-electron chi connectivity index (χ2n) is 3.65. The highest BCUT2D eigenvalue weighted by Crippen LogP contribution is 2.14. The molecule has 0 bridgehead atoms. The smallest absolute Gasteiger partial charge is 0.422 e. The van der Waals surface area contributed by atoms with Gasteiger partial charge in [0.2, 0.25) is 0 Å². The number of hydrogen-bond donors (Lipinski definition) is 1. The summed E-state index contributed by atoms with van der Waals surface area (Å²) in [6.45, 7) is 2.86. The topological polar surface area (TPSA) is 38.3 Å². The lowest BCUT2D eigenvalue weighted by molar-refractivity contribution is -0.160. The van der Waals surface area contributed by atoms with Gasteiger partial charge in [0.25, 0.3) is 0 Å². The minimum Gasteiger partial charge on any atom is -0.440 e. The number of alkyl carbamates (subject to hydrolysis) is 1. The van der Waals surface area contributed by atoms with Gasteiger partial charge >= 0.3 is 12.3 Å². The van der Waals surface area contributed by atoms with Crippen LogP contribution < -0.4 is 5.32 Å². The normalized spacial score (nSPS) is 11.6. The van der Waals surface area contributed by atoms with E-state index in [0.717, 1.165) is 12.8 Å². The van der Waals surface area contributed by atoms with Crippen LogP contribution in [0.5, 0.6) is 0 Å². The number of rotatable bonds is 5. The maximum Gasteiger partial charge on any atom is 0.422 e. The first-order chi connectivity index (χ1) is 6.81. The van der Waals surface area contributed by atoms with Gasteiger partial charge in [-0.3, -0.25) is 0 Å². The number of carbonyl (C=O) groups is 1. The number of amides is 1. The molecular formula is C9H16F3NO2. The van der Waals surface area contributed by atoms with Gasteiger partial charge < -0.3 is 10.1 Å². The van der Waals surface area contributed by atoms with Gasteiger partial charge in [-0.1, -0.05) is 13.8 Å². The van der Waals surface area contributed by atoms with Crippen molar-refractivity contribution in [3.05, 3.63) is 0 Å². The highest BCUT2D eigenvalue weighted by molar-refractivity contribution is 5.67. The molecule has 0 heterocycles.